The van der Waals surface area contributed by atoms with E-state index in [1.165, 1.54) is 21.2 Å². The molecule has 19 heavy (non-hydrogen) atoms. The Hall–Kier alpha value is -1.64. The molecule has 3 nitrogen and oxygen atoms in total. The Kier molecular flexibility index (Phi) is 4.03. The zero-order valence-corrected chi connectivity index (χ0v) is 12.8. The molecule has 2 aromatic rings. The van der Waals surface area contributed by atoms with E-state index in [1.54, 1.807) is 12.1 Å². The summed E-state index contributed by atoms with van der Waals surface area (Å²) in [7, 11) is 0. The van der Waals surface area contributed by atoms with Crippen LogP contribution >= 0.6 is 0 Å². The van der Waals surface area contributed by atoms with E-state index < -0.39 is 0 Å². The Morgan fingerprint density at radius 1 is 1.00 bits per heavy atom. The number of hydrogen-bond acceptors (Lipinski definition) is 2. The van der Waals surface area contributed by atoms with Crippen molar-refractivity contribution in [2.45, 2.75) is 20.8 Å². The molecule has 0 aliphatic heterocycles. The monoisotopic (exact) mass is 321 g/mol. The number of rotatable bonds is 3. The number of nitrogens with zero attached hydrogens (tertiary/aromatic N) is 1. The molecule has 0 unspecified atom stereocenters. The fourth-order valence-corrected chi connectivity index (χ4v) is 4.07. The summed E-state index contributed by atoms with van der Waals surface area (Å²) in [5.74, 6) is 0. The van der Waals surface area contributed by atoms with Gasteiger partial charge >= 0.3 is 118 Å². The van der Waals surface area contributed by atoms with Crippen LogP contribution in [-0.2, 0) is 0 Å². The van der Waals surface area contributed by atoms with Gasteiger partial charge in [0.2, 0.25) is 0 Å². The second-order valence-electron chi connectivity index (χ2n) is 4.58. The van der Waals surface area contributed by atoms with Gasteiger partial charge in [0.15, 0.2) is 0 Å². The summed E-state index contributed by atoms with van der Waals surface area (Å²) >= 11 is 0.191. The molecule has 0 aliphatic rings. The molecule has 4 heteroatoms. The van der Waals surface area contributed by atoms with E-state index in [1.807, 2.05) is 12.1 Å². The van der Waals surface area contributed by atoms with E-state index in [-0.39, 0.29) is 25.6 Å². The first-order valence-electron chi connectivity index (χ1n) is 5.97. The summed E-state index contributed by atoms with van der Waals surface area (Å²) in [6, 6.07) is 11.3. The Morgan fingerprint density at radius 3 is 2.00 bits per heavy atom. The van der Waals surface area contributed by atoms with Gasteiger partial charge in [-0.2, -0.15) is 0 Å². The maximum atomic E-state index is 10.6. The molecule has 0 saturated carbocycles. The SMILES string of the molecule is Cc1cc(C)c([Se]c2ccc([N+](=O)[O-])cc2)c(C)c1. The van der Waals surface area contributed by atoms with Crippen molar-refractivity contribution in [2.75, 3.05) is 0 Å². The minimum absolute atomic E-state index is 0.150. The molecular weight excluding hydrogens is 305 g/mol. The third kappa shape index (κ3) is 3.22. The van der Waals surface area contributed by atoms with Gasteiger partial charge in [-0.1, -0.05) is 0 Å². The van der Waals surface area contributed by atoms with E-state index in [2.05, 4.69) is 32.9 Å². The predicted octanol–water partition coefficient (Wildman–Crippen LogP) is 2.18. The molecule has 0 fully saturated rings. The number of benzene rings is 2. The van der Waals surface area contributed by atoms with Crippen molar-refractivity contribution < 1.29 is 4.92 Å². The van der Waals surface area contributed by atoms with Gasteiger partial charge in [-0.05, 0) is 0 Å². The molecule has 0 radical (unpaired) electrons. The van der Waals surface area contributed by atoms with E-state index in [0.717, 1.165) is 4.46 Å². The molecule has 2 rings (SSSR count). The van der Waals surface area contributed by atoms with Crippen LogP contribution in [-0.4, -0.2) is 19.9 Å². The number of nitro groups is 1. The number of aryl methyl sites for hydroxylation is 3. The van der Waals surface area contributed by atoms with Gasteiger partial charge in [0.05, 0.1) is 0 Å². The standard InChI is InChI=1S/C15H15NO2Se/c1-10-8-11(2)15(12(3)9-10)19-14-6-4-13(5-7-14)16(17)18/h4-9H,1-3H3. The molecule has 0 aliphatic carbocycles. The Labute approximate surface area is 119 Å². The van der Waals surface area contributed by atoms with Crippen LogP contribution in [0.3, 0.4) is 0 Å². The number of nitro benzene ring substituents is 1. The number of non-ortho nitro benzene ring substituents is 1. The molecule has 0 atom stereocenters. The average Bonchev–Trinajstić information content (AvgIpc) is 2.34. The van der Waals surface area contributed by atoms with Crippen molar-refractivity contribution in [1.29, 1.82) is 0 Å². The predicted molar refractivity (Wildman–Crippen MR) is 78.8 cm³/mol. The molecule has 2 aromatic carbocycles. The van der Waals surface area contributed by atoms with Gasteiger partial charge in [0, 0.05) is 0 Å². The summed E-state index contributed by atoms with van der Waals surface area (Å²) in [5.41, 5.74) is 4.03. The molecule has 0 spiro atoms. The molecule has 0 amide bonds. The van der Waals surface area contributed by atoms with Crippen LogP contribution < -0.4 is 8.92 Å². The van der Waals surface area contributed by atoms with E-state index in [0.29, 0.717) is 0 Å². The first-order chi connectivity index (χ1) is 8.97. The summed E-state index contributed by atoms with van der Waals surface area (Å²) in [5, 5.41) is 10.6. The van der Waals surface area contributed by atoms with E-state index in [9.17, 15) is 10.1 Å². The quantitative estimate of drug-likeness (QED) is 0.494. The Morgan fingerprint density at radius 2 is 1.53 bits per heavy atom. The van der Waals surface area contributed by atoms with E-state index >= 15 is 0 Å². The zero-order chi connectivity index (χ0) is 14.0. The number of hydrogen-bond donors (Lipinski definition) is 0. The van der Waals surface area contributed by atoms with Crippen molar-refractivity contribution in [1.82, 2.24) is 0 Å². The molecule has 0 saturated heterocycles. The van der Waals surface area contributed by atoms with Gasteiger partial charge in [-0.25, -0.2) is 0 Å². The summed E-state index contributed by atoms with van der Waals surface area (Å²) in [4.78, 5) is 10.3. The average molecular weight is 320 g/mol. The zero-order valence-electron chi connectivity index (χ0n) is 11.1. The normalized spacial score (nSPS) is 10.5. The fourth-order valence-electron chi connectivity index (χ4n) is 2.08. The summed E-state index contributed by atoms with van der Waals surface area (Å²) in [6.07, 6.45) is 0. The fraction of sp³-hybridized carbons (Fsp3) is 0.200. The van der Waals surface area contributed by atoms with Crippen molar-refractivity contribution in [3.63, 3.8) is 0 Å². The Bertz CT molecular complexity index is 598. The third-order valence-corrected chi connectivity index (χ3v) is 5.72. The van der Waals surface area contributed by atoms with Gasteiger partial charge < -0.3 is 0 Å². The maximum absolute atomic E-state index is 10.6. The molecule has 0 bridgehead atoms. The van der Waals surface area contributed by atoms with Gasteiger partial charge in [0.25, 0.3) is 0 Å². The van der Waals surface area contributed by atoms with Gasteiger partial charge in [0.1, 0.15) is 0 Å². The second-order valence-corrected chi connectivity index (χ2v) is 6.85. The van der Waals surface area contributed by atoms with Crippen LogP contribution in [0.2, 0.25) is 0 Å². The van der Waals surface area contributed by atoms with Crippen molar-refractivity contribution >= 4 is 29.6 Å². The second kappa shape index (κ2) is 5.55. The van der Waals surface area contributed by atoms with Crippen molar-refractivity contribution in [3.8, 4) is 0 Å². The van der Waals surface area contributed by atoms with E-state index in [4.69, 9.17) is 0 Å². The van der Waals surface area contributed by atoms with Gasteiger partial charge in [-0.3, -0.25) is 0 Å². The summed E-state index contributed by atoms with van der Waals surface area (Å²) < 4.78 is 2.53. The van der Waals surface area contributed by atoms with Crippen LogP contribution in [0.15, 0.2) is 36.4 Å². The minimum atomic E-state index is -0.362. The first kappa shape index (κ1) is 13.8. The topological polar surface area (TPSA) is 43.1 Å². The third-order valence-electron chi connectivity index (χ3n) is 2.87. The van der Waals surface area contributed by atoms with Crippen molar-refractivity contribution in [2.24, 2.45) is 0 Å². The van der Waals surface area contributed by atoms with Crippen molar-refractivity contribution in [3.05, 3.63) is 63.2 Å². The van der Waals surface area contributed by atoms with Crippen LogP contribution in [0.25, 0.3) is 0 Å². The Balaban J connectivity index is 2.29. The van der Waals surface area contributed by atoms with Crippen LogP contribution in [0.5, 0.6) is 0 Å². The van der Waals surface area contributed by atoms with Crippen LogP contribution in [0, 0.1) is 30.9 Å². The summed E-state index contributed by atoms with van der Waals surface area (Å²) in [6.45, 7) is 6.35. The molecule has 0 N–H and O–H groups in total. The first-order valence-corrected chi connectivity index (χ1v) is 7.69. The molecule has 0 aromatic heterocycles. The molecular formula is C15H15NO2Se. The van der Waals surface area contributed by atoms with Crippen LogP contribution in [0.4, 0.5) is 5.69 Å². The van der Waals surface area contributed by atoms with Gasteiger partial charge in [-0.15, -0.1) is 0 Å². The van der Waals surface area contributed by atoms with Crippen LogP contribution in [0.1, 0.15) is 16.7 Å². The molecule has 0 heterocycles. The molecule has 98 valence electrons.